The number of H-pyrrole nitrogens is 1. The molecule has 126 valence electrons. The number of hydrogen-bond acceptors (Lipinski definition) is 3. The van der Waals surface area contributed by atoms with E-state index in [1.54, 1.807) is 13.4 Å². The largest absolute Gasteiger partial charge is 0.497 e. The van der Waals surface area contributed by atoms with Gasteiger partial charge in [-0.05, 0) is 37.1 Å². The summed E-state index contributed by atoms with van der Waals surface area (Å²) < 4.78 is 5.20. The lowest BCUT2D eigenvalue weighted by Gasteiger charge is -2.48. The molecule has 1 spiro atoms. The Labute approximate surface area is 142 Å². The van der Waals surface area contributed by atoms with Gasteiger partial charge in [-0.25, -0.2) is 4.98 Å². The van der Waals surface area contributed by atoms with E-state index in [1.165, 1.54) is 12.1 Å². The van der Waals surface area contributed by atoms with Crippen LogP contribution in [-0.2, 0) is 12.0 Å². The highest BCUT2D eigenvalue weighted by Crippen LogP contribution is 2.45. The van der Waals surface area contributed by atoms with Crippen molar-refractivity contribution in [2.45, 2.75) is 44.1 Å². The van der Waals surface area contributed by atoms with E-state index in [-0.39, 0.29) is 11.4 Å². The average Bonchev–Trinajstić information content (AvgIpc) is 3.12. The van der Waals surface area contributed by atoms with Gasteiger partial charge in [-0.15, -0.1) is 0 Å². The summed E-state index contributed by atoms with van der Waals surface area (Å²) in [6.45, 7) is 0.750. The molecule has 5 nitrogen and oxygen atoms in total. The van der Waals surface area contributed by atoms with Crippen molar-refractivity contribution in [3.8, 4) is 5.75 Å². The predicted molar refractivity (Wildman–Crippen MR) is 91.1 cm³/mol. The number of carbonyl (C=O) groups is 1. The average molecular weight is 325 g/mol. The maximum absolute atomic E-state index is 13.3. The summed E-state index contributed by atoms with van der Waals surface area (Å²) >= 11 is 0. The lowest BCUT2D eigenvalue weighted by atomic mass is 9.74. The number of amides is 1. The predicted octanol–water partition coefficient (Wildman–Crippen LogP) is 3.28. The van der Waals surface area contributed by atoms with Crippen molar-refractivity contribution in [3.63, 3.8) is 0 Å². The molecule has 2 aromatic rings. The molecule has 1 aromatic carbocycles. The second kappa shape index (κ2) is 5.96. The van der Waals surface area contributed by atoms with E-state index in [0.29, 0.717) is 0 Å². The maximum Gasteiger partial charge on any atom is 0.254 e. The highest BCUT2D eigenvalue weighted by molar-refractivity contribution is 5.95. The SMILES string of the molecule is COc1ccc(C(=O)N2CCc3[nH]cnc3C23CCCCC3)cc1. The molecule has 1 aromatic heterocycles. The summed E-state index contributed by atoms with van der Waals surface area (Å²) in [4.78, 5) is 23.2. The van der Waals surface area contributed by atoms with Gasteiger partial charge in [0.05, 0.1) is 24.7 Å². The van der Waals surface area contributed by atoms with Crippen molar-refractivity contribution in [2.24, 2.45) is 0 Å². The molecule has 2 aliphatic rings. The maximum atomic E-state index is 13.3. The molecule has 1 N–H and O–H groups in total. The van der Waals surface area contributed by atoms with Crippen molar-refractivity contribution < 1.29 is 9.53 Å². The third kappa shape index (κ3) is 2.30. The van der Waals surface area contributed by atoms with E-state index < -0.39 is 0 Å². The number of nitrogens with zero attached hydrogens (tertiary/aromatic N) is 2. The number of aromatic amines is 1. The number of rotatable bonds is 2. The second-order valence-electron chi connectivity index (χ2n) is 6.76. The molecule has 0 unspecified atom stereocenters. The summed E-state index contributed by atoms with van der Waals surface area (Å²) in [7, 11) is 1.64. The number of methoxy groups -OCH3 is 1. The van der Waals surface area contributed by atoms with Crippen LogP contribution in [0.5, 0.6) is 5.75 Å². The van der Waals surface area contributed by atoms with E-state index in [0.717, 1.165) is 55.7 Å². The van der Waals surface area contributed by atoms with Crippen LogP contribution in [-0.4, -0.2) is 34.4 Å². The summed E-state index contributed by atoms with van der Waals surface area (Å²) in [6.07, 6.45) is 8.18. The van der Waals surface area contributed by atoms with Crippen LogP contribution in [0.2, 0.25) is 0 Å². The van der Waals surface area contributed by atoms with Gasteiger partial charge in [0, 0.05) is 24.2 Å². The highest BCUT2D eigenvalue weighted by Gasteiger charge is 2.47. The van der Waals surface area contributed by atoms with E-state index in [4.69, 9.17) is 4.74 Å². The minimum atomic E-state index is -0.233. The van der Waals surface area contributed by atoms with Gasteiger partial charge in [0.25, 0.3) is 5.91 Å². The first-order valence-electron chi connectivity index (χ1n) is 8.73. The first-order valence-corrected chi connectivity index (χ1v) is 8.73. The van der Waals surface area contributed by atoms with E-state index in [2.05, 4.69) is 14.9 Å². The number of fused-ring (bicyclic) bond motifs is 2. The third-order valence-corrected chi connectivity index (χ3v) is 5.52. The molecule has 1 aliphatic carbocycles. The molecular formula is C19H23N3O2. The fourth-order valence-corrected chi connectivity index (χ4v) is 4.31. The van der Waals surface area contributed by atoms with Crippen LogP contribution >= 0.6 is 0 Å². The van der Waals surface area contributed by atoms with Crippen LogP contribution in [0, 0.1) is 0 Å². The van der Waals surface area contributed by atoms with Crippen molar-refractivity contribution in [1.29, 1.82) is 0 Å². The Morgan fingerprint density at radius 3 is 2.67 bits per heavy atom. The molecule has 1 fully saturated rings. The number of hydrogen-bond donors (Lipinski definition) is 1. The number of ether oxygens (including phenoxy) is 1. The first-order chi connectivity index (χ1) is 11.7. The summed E-state index contributed by atoms with van der Waals surface area (Å²) in [6, 6.07) is 7.42. The fourth-order valence-electron chi connectivity index (χ4n) is 4.31. The van der Waals surface area contributed by atoms with Gasteiger partial charge in [-0.3, -0.25) is 4.79 Å². The Balaban J connectivity index is 1.71. The van der Waals surface area contributed by atoms with Crippen LogP contribution in [0.25, 0.3) is 0 Å². The minimum absolute atomic E-state index is 0.105. The Morgan fingerprint density at radius 2 is 1.96 bits per heavy atom. The molecule has 0 saturated heterocycles. The van der Waals surface area contributed by atoms with Crippen LogP contribution in [0.3, 0.4) is 0 Å². The molecule has 2 heterocycles. The molecule has 0 bridgehead atoms. The molecule has 0 radical (unpaired) electrons. The topological polar surface area (TPSA) is 58.2 Å². The van der Waals surface area contributed by atoms with Gasteiger partial charge in [-0.1, -0.05) is 19.3 Å². The van der Waals surface area contributed by atoms with Crippen molar-refractivity contribution >= 4 is 5.91 Å². The van der Waals surface area contributed by atoms with Gasteiger partial charge in [0.2, 0.25) is 0 Å². The van der Waals surface area contributed by atoms with Crippen LogP contribution < -0.4 is 4.74 Å². The second-order valence-corrected chi connectivity index (χ2v) is 6.76. The zero-order valence-corrected chi connectivity index (χ0v) is 14.0. The normalized spacial score (nSPS) is 19.1. The number of benzene rings is 1. The number of aromatic nitrogens is 2. The number of nitrogens with one attached hydrogen (secondary N) is 1. The van der Waals surface area contributed by atoms with Gasteiger partial charge in [0.15, 0.2) is 0 Å². The minimum Gasteiger partial charge on any atom is -0.497 e. The third-order valence-electron chi connectivity index (χ3n) is 5.52. The molecular weight excluding hydrogens is 302 g/mol. The van der Waals surface area contributed by atoms with Crippen LogP contribution in [0.4, 0.5) is 0 Å². The molecule has 1 saturated carbocycles. The summed E-state index contributed by atoms with van der Waals surface area (Å²) in [5.41, 5.74) is 2.79. The fraction of sp³-hybridized carbons (Fsp3) is 0.474. The van der Waals surface area contributed by atoms with E-state index >= 15 is 0 Å². The monoisotopic (exact) mass is 325 g/mol. The summed E-state index contributed by atoms with van der Waals surface area (Å²) in [5, 5.41) is 0. The number of carbonyl (C=O) groups excluding carboxylic acids is 1. The summed E-state index contributed by atoms with van der Waals surface area (Å²) in [5.74, 6) is 0.875. The Kier molecular flexibility index (Phi) is 3.79. The Hall–Kier alpha value is -2.30. The van der Waals surface area contributed by atoms with Gasteiger partial charge in [-0.2, -0.15) is 0 Å². The standard InChI is InChI=1S/C19H23N3O2/c1-24-15-7-5-14(6-8-15)18(23)22-12-9-16-17(21-13-20-16)19(22)10-3-2-4-11-19/h5-8,13H,2-4,9-12H2,1H3,(H,20,21). The molecule has 5 heteroatoms. The van der Waals surface area contributed by atoms with E-state index in [9.17, 15) is 4.79 Å². The molecule has 0 atom stereocenters. The van der Waals surface area contributed by atoms with Crippen molar-refractivity contribution in [2.75, 3.05) is 13.7 Å². The van der Waals surface area contributed by atoms with Crippen LogP contribution in [0.15, 0.2) is 30.6 Å². The quantitative estimate of drug-likeness (QED) is 0.922. The van der Waals surface area contributed by atoms with Gasteiger partial charge < -0.3 is 14.6 Å². The van der Waals surface area contributed by atoms with E-state index in [1.807, 2.05) is 24.3 Å². The lowest BCUT2D eigenvalue weighted by molar-refractivity contribution is 0.0247. The molecule has 24 heavy (non-hydrogen) atoms. The lowest BCUT2D eigenvalue weighted by Crippen LogP contribution is -2.54. The highest BCUT2D eigenvalue weighted by atomic mass is 16.5. The van der Waals surface area contributed by atoms with Gasteiger partial charge >= 0.3 is 0 Å². The smallest absolute Gasteiger partial charge is 0.254 e. The van der Waals surface area contributed by atoms with Crippen LogP contribution in [0.1, 0.15) is 53.8 Å². The first kappa shape index (κ1) is 15.2. The molecule has 1 amide bonds. The zero-order chi connectivity index (χ0) is 16.6. The van der Waals surface area contributed by atoms with Crippen molar-refractivity contribution in [3.05, 3.63) is 47.5 Å². The zero-order valence-electron chi connectivity index (χ0n) is 14.0. The Morgan fingerprint density at radius 1 is 1.21 bits per heavy atom. The van der Waals surface area contributed by atoms with Crippen molar-refractivity contribution in [1.82, 2.24) is 14.9 Å². The molecule has 4 rings (SSSR count). The Bertz CT molecular complexity index is 729. The number of imidazole rings is 1. The molecule has 1 aliphatic heterocycles. The van der Waals surface area contributed by atoms with Gasteiger partial charge in [0.1, 0.15) is 5.75 Å².